The van der Waals surface area contributed by atoms with Gasteiger partial charge in [0.2, 0.25) is 5.91 Å². The minimum Gasteiger partial charge on any atom is -0.385 e. The molecule has 1 unspecified atom stereocenters. The SMILES string of the molecule is O=C(Nc1ccc(NCCc2ccccc2)cc1)C1CCCN1. The molecule has 0 saturated carbocycles. The van der Waals surface area contributed by atoms with Crippen molar-refractivity contribution in [2.75, 3.05) is 23.7 Å². The number of benzene rings is 2. The lowest BCUT2D eigenvalue weighted by Crippen LogP contribution is -2.35. The monoisotopic (exact) mass is 309 g/mol. The van der Waals surface area contributed by atoms with Gasteiger partial charge in [0, 0.05) is 17.9 Å². The number of rotatable bonds is 6. The molecule has 0 spiro atoms. The van der Waals surface area contributed by atoms with Crippen LogP contribution in [0.3, 0.4) is 0 Å². The summed E-state index contributed by atoms with van der Waals surface area (Å²) in [4.78, 5) is 12.0. The van der Waals surface area contributed by atoms with Crippen molar-refractivity contribution in [1.29, 1.82) is 0 Å². The first kappa shape index (κ1) is 15.6. The first-order valence-electron chi connectivity index (χ1n) is 8.23. The highest BCUT2D eigenvalue weighted by atomic mass is 16.2. The Bertz CT molecular complexity index is 619. The van der Waals surface area contributed by atoms with Crippen molar-refractivity contribution in [3.63, 3.8) is 0 Å². The molecule has 1 saturated heterocycles. The number of amides is 1. The Kier molecular flexibility index (Phi) is 5.27. The highest BCUT2D eigenvalue weighted by Crippen LogP contribution is 2.15. The van der Waals surface area contributed by atoms with Crippen molar-refractivity contribution in [1.82, 2.24) is 5.32 Å². The lowest BCUT2D eigenvalue weighted by atomic mass is 10.1. The molecule has 1 heterocycles. The second kappa shape index (κ2) is 7.79. The van der Waals surface area contributed by atoms with Crippen LogP contribution in [0.15, 0.2) is 54.6 Å². The maximum Gasteiger partial charge on any atom is 0.241 e. The average Bonchev–Trinajstić information content (AvgIpc) is 3.12. The summed E-state index contributed by atoms with van der Waals surface area (Å²) < 4.78 is 0. The molecule has 3 rings (SSSR count). The largest absolute Gasteiger partial charge is 0.385 e. The zero-order chi connectivity index (χ0) is 15.9. The van der Waals surface area contributed by atoms with Gasteiger partial charge in [-0.1, -0.05) is 30.3 Å². The van der Waals surface area contributed by atoms with Gasteiger partial charge in [-0.15, -0.1) is 0 Å². The fourth-order valence-electron chi connectivity index (χ4n) is 2.80. The summed E-state index contributed by atoms with van der Waals surface area (Å²) in [6, 6.07) is 18.3. The molecule has 2 aromatic rings. The average molecular weight is 309 g/mol. The molecule has 0 bridgehead atoms. The lowest BCUT2D eigenvalue weighted by molar-refractivity contribution is -0.117. The Morgan fingerprint density at radius 3 is 2.48 bits per heavy atom. The molecule has 23 heavy (non-hydrogen) atoms. The second-order valence-corrected chi connectivity index (χ2v) is 5.88. The van der Waals surface area contributed by atoms with Gasteiger partial charge in [0.25, 0.3) is 0 Å². The molecule has 1 atom stereocenters. The molecule has 1 amide bonds. The van der Waals surface area contributed by atoms with Gasteiger partial charge in [0.1, 0.15) is 0 Å². The van der Waals surface area contributed by atoms with Crippen LogP contribution in [0.1, 0.15) is 18.4 Å². The van der Waals surface area contributed by atoms with Crippen LogP contribution in [0.2, 0.25) is 0 Å². The van der Waals surface area contributed by atoms with E-state index in [4.69, 9.17) is 0 Å². The molecular weight excluding hydrogens is 286 g/mol. The molecule has 4 heteroatoms. The Morgan fingerprint density at radius 1 is 1.04 bits per heavy atom. The molecule has 0 aromatic heterocycles. The first-order valence-corrected chi connectivity index (χ1v) is 8.23. The van der Waals surface area contributed by atoms with E-state index >= 15 is 0 Å². The summed E-state index contributed by atoms with van der Waals surface area (Å²) in [6.07, 6.45) is 2.99. The molecule has 1 fully saturated rings. The van der Waals surface area contributed by atoms with Crippen molar-refractivity contribution >= 4 is 17.3 Å². The van der Waals surface area contributed by atoms with Gasteiger partial charge in [0.05, 0.1) is 6.04 Å². The molecule has 1 aliphatic heterocycles. The van der Waals surface area contributed by atoms with E-state index < -0.39 is 0 Å². The molecule has 1 aliphatic rings. The standard InChI is InChI=1S/C19H23N3O/c23-19(18-7-4-13-21-18)22-17-10-8-16(9-11-17)20-14-12-15-5-2-1-3-6-15/h1-3,5-6,8-11,18,20-21H,4,7,12-14H2,(H,22,23). The highest BCUT2D eigenvalue weighted by Gasteiger charge is 2.21. The number of carbonyl (C=O) groups is 1. The Balaban J connectivity index is 1.46. The molecule has 2 aromatic carbocycles. The first-order chi connectivity index (χ1) is 11.3. The van der Waals surface area contributed by atoms with E-state index in [1.54, 1.807) is 0 Å². The third-order valence-electron chi connectivity index (χ3n) is 4.11. The minimum atomic E-state index is -0.0429. The van der Waals surface area contributed by atoms with E-state index in [1.807, 2.05) is 30.3 Å². The fraction of sp³-hybridized carbons (Fsp3) is 0.316. The van der Waals surface area contributed by atoms with E-state index in [9.17, 15) is 4.79 Å². The Hall–Kier alpha value is -2.33. The van der Waals surface area contributed by atoms with Gasteiger partial charge < -0.3 is 16.0 Å². The van der Waals surface area contributed by atoms with Crippen molar-refractivity contribution in [3.8, 4) is 0 Å². The van der Waals surface area contributed by atoms with E-state index in [0.29, 0.717) is 0 Å². The normalized spacial score (nSPS) is 17.0. The van der Waals surface area contributed by atoms with Crippen molar-refractivity contribution in [2.45, 2.75) is 25.3 Å². The third kappa shape index (κ3) is 4.57. The molecule has 3 N–H and O–H groups in total. The number of nitrogens with one attached hydrogen (secondary N) is 3. The second-order valence-electron chi connectivity index (χ2n) is 5.88. The van der Waals surface area contributed by atoms with Crippen LogP contribution in [0.4, 0.5) is 11.4 Å². The summed E-state index contributed by atoms with van der Waals surface area (Å²) in [5, 5.41) is 9.57. The molecular formula is C19H23N3O. The van der Waals surface area contributed by atoms with Crippen molar-refractivity contribution in [3.05, 3.63) is 60.2 Å². The van der Waals surface area contributed by atoms with Crippen LogP contribution >= 0.6 is 0 Å². The lowest BCUT2D eigenvalue weighted by Gasteiger charge is -2.12. The maximum atomic E-state index is 12.0. The highest BCUT2D eigenvalue weighted by molar-refractivity contribution is 5.95. The number of hydrogen-bond acceptors (Lipinski definition) is 3. The van der Waals surface area contributed by atoms with E-state index in [0.717, 1.165) is 43.7 Å². The quantitative estimate of drug-likeness (QED) is 0.769. The Labute approximate surface area is 137 Å². The zero-order valence-electron chi connectivity index (χ0n) is 13.2. The van der Waals surface area contributed by atoms with Gasteiger partial charge in [-0.3, -0.25) is 4.79 Å². The zero-order valence-corrected chi connectivity index (χ0v) is 13.2. The van der Waals surface area contributed by atoms with E-state index in [2.05, 4.69) is 40.2 Å². The summed E-state index contributed by atoms with van der Waals surface area (Å²) in [5.74, 6) is 0.0623. The van der Waals surface area contributed by atoms with Gasteiger partial charge in [0.15, 0.2) is 0 Å². The van der Waals surface area contributed by atoms with Crippen LogP contribution in [-0.4, -0.2) is 25.0 Å². The number of carbonyl (C=O) groups excluding carboxylic acids is 1. The van der Waals surface area contributed by atoms with Gasteiger partial charge in [-0.2, -0.15) is 0 Å². The van der Waals surface area contributed by atoms with E-state index in [-0.39, 0.29) is 11.9 Å². The van der Waals surface area contributed by atoms with Crippen LogP contribution in [-0.2, 0) is 11.2 Å². The Morgan fingerprint density at radius 2 is 1.78 bits per heavy atom. The summed E-state index contributed by atoms with van der Waals surface area (Å²) >= 11 is 0. The van der Waals surface area contributed by atoms with Gasteiger partial charge in [-0.05, 0) is 55.6 Å². The summed E-state index contributed by atoms with van der Waals surface area (Å²) in [7, 11) is 0. The van der Waals surface area contributed by atoms with Crippen LogP contribution < -0.4 is 16.0 Å². The molecule has 0 aliphatic carbocycles. The van der Waals surface area contributed by atoms with Crippen molar-refractivity contribution in [2.24, 2.45) is 0 Å². The van der Waals surface area contributed by atoms with E-state index in [1.165, 1.54) is 5.56 Å². The maximum absolute atomic E-state index is 12.0. The van der Waals surface area contributed by atoms with Crippen LogP contribution in [0, 0.1) is 0 Å². The summed E-state index contributed by atoms with van der Waals surface area (Å²) in [6.45, 7) is 1.82. The smallest absolute Gasteiger partial charge is 0.241 e. The molecule has 0 radical (unpaired) electrons. The third-order valence-corrected chi connectivity index (χ3v) is 4.11. The summed E-state index contributed by atoms with van der Waals surface area (Å²) in [5.41, 5.74) is 3.24. The minimum absolute atomic E-state index is 0.0429. The van der Waals surface area contributed by atoms with Crippen molar-refractivity contribution < 1.29 is 4.79 Å². The molecule has 120 valence electrons. The van der Waals surface area contributed by atoms with Crippen LogP contribution in [0.5, 0.6) is 0 Å². The predicted molar refractivity (Wildman–Crippen MR) is 94.7 cm³/mol. The number of anilines is 2. The fourth-order valence-corrected chi connectivity index (χ4v) is 2.80. The number of hydrogen-bond donors (Lipinski definition) is 3. The molecule has 4 nitrogen and oxygen atoms in total. The predicted octanol–water partition coefficient (Wildman–Crippen LogP) is 3.03. The van der Waals surface area contributed by atoms with Crippen LogP contribution in [0.25, 0.3) is 0 Å². The van der Waals surface area contributed by atoms with Gasteiger partial charge in [-0.25, -0.2) is 0 Å². The topological polar surface area (TPSA) is 53.2 Å². The van der Waals surface area contributed by atoms with Gasteiger partial charge >= 0.3 is 0 Å².